The molecule has 4 aromatic carbocycles. The molecule has 2 atom stereocenters. The molecule has 0 bridgehead atoms. The SMILES string of the molecule is CC1([Si](C)(C)C2(C)C=c3cccc(-c4ccccc4)c3=C2)C=c2cccc(-c3ccccc3)c2=C1.[Cl][Zr][Cl]. The minimum absolute atomic E-state index is 0.0386. The molecule has 4 aromatic rings. The molecule has 0 amide bonds. The van der Waals surface area contributed by atoms with Gasteiger partial charge in [0.05, 0.1) is 8.07 Å². The monoisotopic (exact) mass is 628 g/mol. The maximum absolute atomic E-state index is 4.93. The number of hydrogen-bond acceptors (Lipinski definition) is 0. The van der Waals surface area contributed by atoms with E-state index in [-0.39, 0.29) is 10.1 Å². The summed E-state index contributed by atoms with van der Waals surface area (Å²) < 4.78 is 0. The molecule has 0 spiro atoms. The van der Waals surface area contributed by atoms with E-state index in [1.54, 1.807) is 0 Å². The topological polar surface area (TPSA) is 0 Å². The van der Waals surface area contributed by atoms with Crippen LogP contribution in [0.3, 0.4) is 0 Å². The predicted octanol–water partition coefficient (Wildman–Crippen LogP) is 7.48. The van der Waals surface area contributed by atoms with E-state index in [0.717, 1.165) is 0 Å². The summed E-state index contributed by atoms with van der Waals surface area (Å²) in [4.78, 5) is 0. The van der Waals surface area contributed by atoms with Gasteiger partial charge in [0.2, 0.25) is 0 Å². The average molecular weight is 631 g/mol. The number of fused-ring (bicyclic) bond motifs is 2. The van der Waals surface area contributed by atoms with Crippen LogP contribution in [0.2, 0.25) is 23.2 Å². The van der Waals surface area contributed by atoms with Gasteiger partial charge in [-0.25, -0.2) is 0 Å². The molecule has 0 fully saturated rings. The summed E-state index contributed by atoms with van der Waals surface area (Å²) in [5, 5.41) is 5.61. The van der Waals surface area contributed by atoms with Gasteiger partial charge in [-0.3, -0.25) is 0 Å². The zero-order valence-corrected chi connectivity index (χ0v) is 27.3. The summed E-state index contributed by atoms with van der Waals surface area (Å²) in [7, 11) is 7.92. The third-order valence-electron chi connectivity index (χ3n) is 8.94. The van der Waals surface area contributed by atoms with Crippen molar-refractivity contribution in [3.8, 4) is 22.3 Å². The fraction of sp³-hybridized carbons (Fsp3) is 0.176. The molecule has 0 N–H and O–H groups in total. The van der Waals surface area contributed by atoms with Crippen LogP contribution in [0.25, 0.3) is 46.6 Å². The Balaban J connectivity index is 0.000000937. The summed E-state index contributed by atoms with van der Waals surface area (Å²) in [5.41, 5.74) is 5.27. The van der Waals surface area contributed by atoms with Gasteiger partial charge in [-0.2, -0.15) is 0 Å². The van der Waals surface area contributed by atoms with E-state index in [9.17, 15) is 0 Å². The van der Waals surface area contributed by atoms with Crippen LogP contribution in [-0.4, -0.2) is 8.07 Å². The Kier molecular flexibility index (Phi) is 7.92. The van der Waals surface area contributed by atoms with Gasteiger partial charge in [0, 0.05) is 10.1 Å². The van der Waals surface area contributed by atoms with Crippen LogP contribution in [0.1, 0.15) is 13.8 Å². The Labute approximate surface area is 245 Å². The van der Waals surface area contributed by atoms with Crippen LogP contribution >= 0.6 is 17.0 Å². The molecule has 0 aliphatic heterocycles. The summed E-state index contributed by atoms with van der Waals surface area (Å²) in [6, 6.07) is 35.2. The van der Waals surface area contributed by atoms with Gasteiger partial charge in [0.25, 0.3) is 0 Å². The standard InChI is InChI=1S/C34H32Si.2ClH.Zr/c1-33(21-27-17-11-19-29(31(27)23-33)25-13-7-5-8-14-25)35(3,4)34(2)22-28-18-12-20-30(32(28)24-34)26-15-9-6-10-16-26;;;/h5-24H,1-4H3;2*1H;/q;;;+2/p-2. The predicted molar refractivity (Wildman–Crippen MR) is 166 cm³/mol. The first-order chi connectivity index (χ1) is 18.2. The third kappa shape index (κ3) is 4.79. The number of rotatable bonds is 4. The summed E-state index contributed by atoms with van der Waals surface area (Å²) in [6.07, 6.45) is 10.3. The second kappa shape index (κ2) is 10.9. The Morgan fingerprint density at radius 3 is 1.26 bits per heavy atom. The molecule has 4 heteroatoms. The molecular formula is C34H32Cl2SiZr. The molecule has 6 rings (SSSR count). The van der Waals surface area contributed by atoms with Crippen molar-refractivity contribution >= 4 is 49.4 Å². The van der Waals surface area contributed by atoms with Crippen molar-refractivity contribution in [2.45, 2.75) is 37.0 Å². The van der Waals surface area contributed by atoms with E-state index in [4.69, 9.17) is 17.0 Å². The van der Waals surface area contributed by atoms with E-state index in [0.29, 0.717) is 0 Å². The van der Waals surface area contributed by atoms with E-state index >= 15 is 0 Å². The van der Waals surface area contributed by atoms with E-state index in [1.807, 2.05) is 0 Å². The van der Waals surface area contributed by atoms with Crippen LogP contribution in [0.5, 0.6) is 0 Å². The second-order valence-electron chi connectivity index (χ2n) is 11.2. The second-order valence-corrected chi connectivity index (χ2v) is 20.3. The van der Waals surface area contributed by atoms with Gasteiger partial charge >= 0.3 is 37.9 Å². The molecule has 2 aliphatic carbocycles. The van der Waals surface area contributed by atoms with Gasteiger partial charge in [0.15, 0.2) is 0 Å². The zero-order valence-electron chi connectivity index (χ0n) is 22.3. The quantitative estimate of drug-likeness (QED) is 0.205. The van der Waals surface area contributed by atoms with Crippen LogP contribution in [0.4, 0.5) is 0 Å². The maximum atomic E-state index is 4.93. The fourth-order valence-corrected chi connectivity index (χ4v) is 9.31. The van der Waals surface area contributed by atoms with E-state index in [1.165, 1.54) is 43.1 Å². The Bertz CT molecular complexity index is 1590. The molecule has 2 aliphatic rings. The molecule has 38 heavy (non-hydrogen) atoms. The van der Waals surface area contributed by atoms with Gasteiger partial charge in [-0.1, -0.05) is 148 Å². The van der Waals surface area contributed by atoms with Crippen LogP contribution in [0.15, 0.2) is 97.1 Å². The van der Waals surface area contributed by atoms with Crippen molar-refractivity contribution in [1.82, 2.24) is 0 Å². The van der Waals surface area contributed by atoms with Crippen molar-refractivity contribution in [1.29, 1.82) is 0 Å². The molecule has 0 saturated heterocycles. The average Bonchev–Trinajstić information content (AvgIpc) is 3.48. The first-order valence-corrected chi connectivity index (χ1v) is 22.3. The first-order valence-electron chi connectivity index (χ1n) is 13.0. The van der Waals surface area contributed by atoms with Gasteiger partial charge in [0.1, 0.15) is 0 Å². The van der Waals surface area contributed by atoms with Crippen molar-refractivity contribution in [3.05, 3.63) is 118 Å². The molecular weight excluding hydrogens is 599 g/mol. The molecule has 0 saturated carbocycles. The minimum atomic E-state index is -1.95. The summed E-state index contributed by atoms with van der Waals surface area (Å²) >= 11 is -0.826. The number of benzene rings is 4. The van der Waals surface area contributed by atoms with Crippen LogP contribution < -0.4 is 20.9 Å². The molecule has 0 radical (unpaired) electrons. The Morgan fingerprint density at radius 1 is 0.526 bits per heavy atom. The van der Waals surface area contributed by atoms with Crippen LogP contribution in [-0.2, 0) is 20.8 Å². The van der Waals surface area contributed by atoms with Crippen LogP contribution in [0, 0.1) is 0 Å². The summed E-state index contributed by atoms with van der Waals surface area (Å²) in [5.74, 6) is 0. The van der Waals surface area contributed by atoms with Gasteiger partial charge in [-0.15, -0.1) is 0 Å². The number of halogens is 2. The molecule has 0 heterocycles. The normalized spacial score (nSPS) is 20.9. The van der Waals surface area contributed by atoms with Crippen molar-refractivity contribution < 1.29 is 20.8 Å². The number of hydrogen-bond donors (Lipinski definition) is 0. The fourth-order valence-electron chi connectivity index (χ4n) is 6.11. The Morgan fingerprint density at radius 2 is 0.895 bits per heavy atom. The van der Waals surface area contributed by atoms with Gasteiger partial charge < -0.3 is 0 Å². The molecule has 190 valence electrons. The van der Waals surface area contributed by atoms with E-state index < -0.39 is 28.9 Å². The molecule has 2 unspecified atom stereocenters. The van der Waals surface area contributed by atoms with Crippen molar-refractivity contribution in [3.63, 3.8) is 0 Å². The molecule has 0 aromatic heterocycles. The van der Waals surface area contributed by atoms with Gasteiger partial charge in [-0.05, 0) is 43.1 Å². The third-order valence-corrected chi connectivity index (χ3v) is 14.9. The Hall–Kier alpha value is -1.96. The van der Waals surface area contributed by atoms with Crippen molar-refractivity contribution in [2.24, 2.45) is 0 Å². The first kappa shape index (κ1) is 27.6. The molecule has 0 nitrogen and oxygen atoms in total. The zero-order chi connectivity index (χ0) is 27.0. The van der Waals surface area contributed by atoms with Crippen molar-refractivity contribution in [2.75, 3.05) is 0 Å². The van der Waals surface area contributed by atoms with E-state index in [2.05, 4.69) is 148 Å². The summed E-state index contributed by atoms with van der Waals surface area (Å²) in [6.45, 7) is 10.1.